The van der Waals surface area contributed by atoms with Crippen molar-refractivity contribution in [3.8, 4) is 0 Å². The molecule has 0 spiro atoms. The van der Waals surface area contributed by atoms with Crippen LogP contribution in [0, 0.1) is 0 Å². The van der Waals surface area contributed by atoms with Gasteiger partial charge in [-0.2, -0.15) is 0 Å². The fraction of sp³-hybridized carbons (Fsp3) is 0.538. The Kier molecular flexibility index (Phi) is 5.45. The van der Waals surface area contributed by atoms with Crippen molar-refractivity contribution in [3.63, 3.8) is 0 Å². The first-order valence-corrected chi connectivity index (χ1v) is 7.68. The Labute approximate surface area is 131 Å². The number of carbonyl (C=O) groups excluding carboxylic acids is 2. The van der Waals surface area contributed by atoms with Crippen molar-refractivity contribution in [1.82, 2.24) is 14.8 Å². The van der Waals surface area contributed by atoms with Crippen LogP contribution in [0.3, 0.4) is 0 Å². The van der Waals surface area contributed by atoms with Gasteiger partial charge in [0.15, 0.2) is 0 Å². The summed E-state index contributed by atoms with van der Waals surface area (Å²) in [5.41, 5.74) is 1.98. The summed E-state index contributed by atoms with van der Waals surface area (Å²) in [6, 6.07) is 0. The molecule has 0 aliphatic carbocycles. The van der Waals surface area contributed by atoms with Gasteiger partial charge in [-0.25, -0.2) is 4.98 Å². The summed E-state index contributed by atoms with van der Waals surface area (Å²) in [4.78, 5) is 41.3. The molecule has 1 saturated heterocycles. The van der Waals surface area contributed by atoms with Crippen LogP contribution in [0.25, 0.3) is 0 Å². The molecule has 1 fully saturated rings. The van der Waals surface area contributed by atoms with Gasteiger partial charge in [0.1, 0.15) is 12.2 Å². The summed E-state index contributed by atoms with van der Waals surface area (Å²) < 4.78 is 5.54. The van der Waals surface area contributed by atoms with Crippen molar-refractivity contribution in [2.45, 2.75) is 13.0 Å². The van der Waals surface area contributed by atoms with Crippen molar-refractivity contribution < 1.29 is 24.2 Å². The molecule has 2 rings (SSSR count). The van der Waals surface area contributed by atoms with Gasteiger partial charge in [0.05, 0.1) is 18.2 Å². The topological polar surface area (TPSA) is 100 Å². The molecule has 1 unspecified atom stereocenters. The predicted molar refractivity (Wildman–Crippen MR) is 77.6 cm³/mol. The highest BCUT2D eigenvalue weighted by Crippen LogP contribution is 2.12. The summed E-state index contributed by atoms with van der Waals surface area (Å²) in [6.07, 6.45) is -0.403. The van der Waals surface area contributed by atoms with Crippen LogP contribution in [0.5, 0.6) is 0 Å². The lowest BCUT2D eigenvalue weighted by atomic mass is 10.2. The summed E-state index contributed by atoms with van der Waals surface area (Å²) in [7, 11) is 0. The second-order valence-corrected chi connectivity index (χ2v) is 5.63. The Morgan fingerprint density at radius 3 is 2.91 bits per heavy atom. The van der Waals surface area contributed by atoms with Gasteiger partial charge >= 0.3 is 5.97 Å². The number of nitrogens with zero attached hydrogens (tertiary/aromatic N) is 3. The van der Waals surface area contributed by atoms with Gasteiger partial charge in [0, 0.05) is 31.9 Å². The standard InChI is InChI=1S/C13H17N3O5S/c1-9(17)16(6-12(18)19)5-10-4-15(2-3-21-10)13(20)11-7-22-8-14-11/h7-8,10H,2-6H2,1H3,(H,18,19). The maximum absolute atomic E-state index is 12.2. The van der Waals surface area contributed by atoms with E-state index < -0.39 is 12.1 Å². The zero-order chi connectivity index (χ0) is 16.1. The van der Waals surface area contributed by atoms with Crippen LogP contribution >= 0.6 is 11.3 Å². The Balaban J connectivity index is 1.96. The van der Waals surface area contributed by atoms with Crippen molar-refractivity contribution in [3.05, 3.63) is 16.6 Å². The molecule has 0 aromatic carbocycles. The highest BCUT2D eigenvalue weighted by molar-refractivity contribution is 7.07. The second kappa shape index (κ2) is 7.32. The third-order valence-electron chi connectivity index (χ3n) is 3.27. The minimum atomic E-state index is -1.08. The van der Waals surface area contributed by atoms with Crippen LogP contribution < -0.4 is 0 Å². The third kappa shape index (κ3) is 4.25. The van der Waals surface area contributed by atoms with Crippen LogP contribution in [0.1, 0.15) is 17.4 Å². The lowest BCUT2D eigenvalue weighted by molar-refractivity contribution is -0.145. The molecule has 0 saturated carbocycles. The van der Waals surface area contributed by atoms with Crippen molar-refractivity contribution in [1.29, 1.82) is 0 Å². The molecule has 1 aromatic heterocycles. The zero-order valence-corrected chi connectivity index (χ0v) is 12.9. The van der Waals surface area contributed by atoms with E-state index in [1.54, 1.807) is 15.8 Å². The van der Waals surface area contributed by atoms with E-state index in [2.05, 4.69) is 4.98 Å². The minimum Gasteiger partial charge on any atom is -0.480 e. The Hall–Kier alpha value is -2.00. The van der Waals surface area contributed by atoms with E-state index in [0.29, 0.717) is 25.4 Å². The number of amides is 2. The fourth-order valence-electron chi connectivity index (χ4n) is 2.21. The molecular formula is C13H17N3O5S. The summed E-state index contributed by atoms with van der Waals surface area (Å²) in [5, 5.41) is 10.5. The van der Waals surface area contributed by atoms with Crippen molar-refractivity contribution in [2.75, 3.05) is 32.8 Å². The molecule has 0 bridgehead atoms. The lowest BCUT2D eigenvalue weighted by Gasteiger charge is -2.34. The number of carboxylic acids is 1. The van der Waals surface area contributed by atoms with E-state index in [4.69, 9.17) is 9.84 Å². The van der Waals surface area contributed by atoms with Crippen LogP contribution in [0.2, 0.25) is 0 Å². The first-order valence-electron chi connectivity index (χ1n) is 6.73. The molecule has 1 atom stereocenters. The number of morpholine rings is 1. The molecule has 2 heterocycles. The monoisotopic (exact) mass is 327 g/mol. The SMILES string of the molecule is CC(=O)N(CC(=O)O)CC1CN(C(=O)c2cscn2)CCO1. The molecular weight excluding hydrogens is 310 g/mol. The molecule has 1 aromatic rings. The van der Waals surface area contributed by atoms with E-state index >= 15 is 0 Å². The van der Waals surface area contributed by atoms with Crippen molar-refractivity contribution >= 4 is 29.1 Å². The van der Waals surface area contributed by atoms with E-state index in [0.717, 1.165) is 0 Å². The number of thiazole rings is 1. The molecule has 8 nitrogen and oxygen atoms in total. The second-order valence-electron chi connectivity index (χ2n) is 4.91. The summed E-state index contributed by atoms with van der Waals surface area (Å²) in [5.74, 6) is -1.60. The molecule has 22 heavy (non-hydrogen) atoms. The highest BCUT2D eigenvalue weighted by Gasteiger charge is 2.28. The highest BCUT2D eigenvalue weighted by atomic mass is 32.1. The molecule has 0 radical (unpaired) electrons. The van der Waals surface area contributed by atoms with Gasteiger partial charge in [0.2, 0.25) is 5.91 Å². The molecule has 1 aliphatic heterocycles. The number of hydrogen-bond acceptors (Lipinski definition) is 6. The fourth-order valence-corrected chi connectivity index (χ4v) is 2.73. The predicted octanol–water partition coefficient (Wildman–Crippen LogP) is -0.0828. The van der Waals surface area contributed by atoms with Crippen LogP contribution in [-0.4, -0.2) is 76.6 Å². The Morgan fingerprint density at radius 1 is 1.55 bits per heavy atom. The number of aromatic nitrogens is 1. The number of carboxylic acid groups (broad SMARTS) is 1. The zero-order valence-electron chi connectivity index (χ0n) is 12.1. The molecule has 9 heteroatoms. The van der Waals surface area contributed by atoms with Crippen LogP contribution in [0.15, 0.2) is 10.9 Å². The summed E-state index contributed by atoms with van der Waals surface area (Å²) in [6.45, 7) is 2.17. The maximum Gasteiger partial charge on any atom is 0.323 e. The average molecular weight is 327 g/mol. The smallest absolute Gasteiger partial charge is 0.323 e. The third-order valence-corrected chi connectivity index (χ3v) is 3.86. The van der Waals surface area contributed by atoms with Crippen LogP contribution in [-0.2, 0) is 14.3 Å². The quantitative estimate of drug-likeness (QED) is 0.812. The number of rotatable bonds is 5. The molecule has 2 amide bonds. The van der Waals surface area contributed by atoms with E-state index in [1.165, 1.54) is 23.2 Å². The first kappa shape index (κ1) is 16.4. The average Bonchev–Trinajstić information content (AvgIpc) is 2.99. The number of ether oxygens (including phenoxy) is 1. The number of aliphatic carboxylic acids is 1. The Morgan fingerprint density at radius 2 is 2.32 bits per heavy atom. The number of carbonyl (C=O) groups is 3. The maximum atomic E-state index is 12.2. The minimum absolute atomic E-state index is 0.141. The van der Waals surface area contributed by atoms with Gasteiger partial charge in [-0.3, -0.25) is 14.4 Å². The van der Waals surface area contributed by atoms with Gasteiger partial charge in [-0.1, -0.05) is 0 Å². The van der Waals surface area contributed by atoms with Crippen molar-refractivity contribution in [2.24, 2.45) is 0 Å². The van der Waals surface area contributed by atoms with Gasteiger partial charge in [-0.15, -0.1) is 11.3 Å². The van der Waals surface area contributed by atoms with Gasteiger partial charge in [0.25, 0.3) is 5.91 Å². The van der Waals surface area contributed by atoms with E-state index in [1.807, 2.05) is 0 Å². The van der Waals surface area contributed by atoms with E-state index in [-0.39, 0.29) is 24.9 Å². The lowest BCUT2D eigenvalue weighted by Crippen LogP contribution is -2.51. The number of hydrogen-bond donors (Lipinski definition) is 1. The summed E-state index contributed by atoms with van der Waals surface area (Å²) >= 11 is 1.35. The molecule has 1 aliphatic rings. The first-order chi connectivity index (χ1) is 10.5. The normalized spacial score (nSPS) is 18.0. The molecule has 120 valence electrons. The van der Waals surface area contributed by atoms with Crippen LogP contribution in [0.4, 0.5) is 0 Å². The van der Waals surface area contributed by atoms with E-state index in [9.17, 15) is 14.4 Å². The van der Waals surface area contributed by atoms with Gasteiger partial charge < -0.3 is 19.6 Å². The van der Waals surface area contributed by atoms with Gasteiger partial charge in [-0.05, 0) is 0 Å². The molecule has 1 N–H and O–H groups in total. The Bertz CT molecular complexity index is 548. The largest absolute Gasteiger partial charge is 0.480 e.